The van der Waals surface area contributed by atoms with Gasteiger partial charge in [-0.2, -0.15) is 0 Å². The van der Waals surface area contributed by atoms with E-state index in [1.807, 2.05) is 0 Å². The summed E-state index contributed by atoms with van der Waals surface area (Å²) in [5.74, 6) is -4.56. The van der Waals surface area contributed by atoms with Crippen LogP contribution in [0.4, 0.5) is 8.78 Å². The lowest BCUT2D eigenvalue weighted by Crippen LogP contribution is -2.46. The van der Waals surface area contributed by atoms with Crippen molar-refractivity contribution >= 4 is 17.8 Å². The Bertz CT molecular complexity index is 602. The molecule has 0 fully saturated rings. The SMILES string of the molecule is CCOC(=O)[C@H](C)C[C@@H](NC(=O)Cc1c(F)cccc1F)C(N)=O. The number of rotatable bonds is 8. The molecule has 0 aliphatic carbocycles. The lowest BCUT2D eigenvalue weighted by molar-refractivity contribution is -0.148. The summed E-state index contributed by atoms with van der Waals surface area (Å²) in [6, 6.07) is 2.09. The first-order valence-corrected chi connectivity index (χ1v) is 7.44. The van der Waals surface area contributed by atoms with Crippen LogP contribution < -0.4 is 11.1 Å². The van der Waals surface area contributed by atoms with E-state index in [2.05, 4.69) is 5.32 Å². The van der Waals surface area contributed by atoms with E-state index in [9.17, 15) is 23.2 Å². The predicted molar refractivity (Wildman–Crippen MR) is 81.6 cm³/mol. The van der Waals surface area contributed by atoms with Gasteiger partial charge >= 0.3 is 5.97 Å². The first-order chi connectivity index (χ1) is 11.3. The number of ether oxygens (including phenoxy) is 1. The fourth-order valence-corrected chi connectivity index (χ4v) is 2.09. The van der Waals surface area contributed by atoms with Gasteiger partial charge < -0.3 is 15.8 Å². The van der Waals surface area contributed by atoms with Crippen molar-refractivity contribution in [1.29, 1.82) is 0 Å². The highest BCUT2D eigenvalue weighted by Gasteiger charge is 2.25. The second-order valence-corrected chi connectivity index (χ2v) is 5.29. The Morgan fingerprint density at radius 2 is 1.83 bits per heavy atom. The summed E-state index contributed by atoms with van der Waals surface area (Å²) in [6.45, 7) is 3.35. The molecular formula is C16H20F2N2O4. The van der Waals surface area contributed by atoms with Gasteiger partial charge in [0.25, 0.3) is 0 Å². The molecule has 0 heterocycles. The van der Waals surface area contributed by atoms with Crippen LogP contribution in [0, 0.1) is 17.6 Å². The minimum absolute atomic E-state index is 0.0698. The molecule has 1 rings (SSSR count). The third-order valence-electron chi connectivity index (χ3n) is 3.36. The van der Waals surface area contributed by atoms with E-state index in [-0.39, 0.29) is 13.0 Å². The minimum Gasteiger partial charge on any atom is -0.466 e. The van der Waals surface area contributed by atoms with E-state index < -0.39 is 53.4 Å². The van der Waals surface area contributed by atoms with Crippen LogP contribution >= 0.6 is 0 Å². The maximum Gasteiger partial charge on any atom is 0.308 e. The number of esters is 1. The molecule has 6 nitrogen and oxygen atoms in total. The summed E-state index contributed by atoms with van der Waals surface area (Å²) in [4.78, 5) is 35.0. The summed E-state index contributed by atoms with van der Waals surface area (Å²) in [6.07, 6.45) is -0.657. The van der Waals surface area contributed by atoms with Crippen LogP contribution in [-0.4, -0.2) is 30.4 Å². The molecular weight excluding hydrogens is 322 g/mol. The quantitative estimate of drug-likeness (QED) is 0.690. The Balaban J connectivity index is 2.73. The van der Waals surface area contributed by atoms with Crippen LogP contribution in [0.5, 0.6) is 0 Å². The van der Waals surface area contributed by atoms with Crippen LogP contribution in [0.1, 0.15) is 25.8 Å². The van der Waals surface area contributed by atoms with Gasteiger partial charge in [0.15, 0.2) is 0 Å². The largest absolute Gasteiger partial charge is 0.466 e. The fraction of sp³-hybridized carbons (Fsp3) is 0.438. The third-order valence-corrected chi connectivity index (χ3v) is 3.36. The number of hydrogen-bond acceptors (Lipinski definition) is 4. The summed E-state index contributed by atoms with van der Waals surface area (Å²) >= 11 is 0. The van der Waals surface area contributed by atoms with Gasteiger partial charge in [-0.25, -0.2) is 8.78 Å². The molecule has 0 saturated carbocycles. The summed E-state index contributed by atoms with van der Waals surface area (Å²) < 4.78 is 31.9. The molecule has 2 atom stereocenters. The summed E-state index contributed by atoms with van der Waals surface area (Å²) in [5, 5.41) is 2.29. The minimum atomic E-state index is -1.15. The first-order valence-electron chi connectivity index (χ1n) is 7.44. The summed E-state index contributed by atoms with van der Waals surface area (Å²) in [5.41, 5.74) is 4.80. The highest BCUT2D eigenvalue weighted by Crippen LogP contribution is 2.13. The second-order valence-electron chi connectivity index (χ2n) is 5.29. The number of nitrogens with one attached hydrogen (secondary N) is 1. The molecule has 3 N–H and O–H groups in total. The van der Waals surface area contributed by atoms with Gasteiger partial charge in [-0.3, -0.25) is 14.4 Å². The van der Waals surface area contributed by atoms with Crippen molar-refractivity contribution in [3.05, 3.63) is 35.4 Å². The Labute approximate surface area is 138 Å². The molecule has 132 valence electrons. The topological polar surface area (TPSA) is 98.5 Å². The smallest absolute Gasteiger partial charge is 0.308 e. The number of halogens is 2. The number of carbonyl (C=O) groups excluding carboxylic acids is 3. The molecule has 8 heteroatoms. The Morgan fingerprint density at radius 1 is 1.25 bits per heavy atom. The molecule has 1 aromatic rings. The monoisotopic (exact) mass is 342 g/mol. The average Bonchev–Trinajstić information content (AvgIpc) is 2.50. The van der Waals surface area contributed by atoms with Gasteiger partial charge in [-0.15, -0.1) is 0 Å². The fourth-order valence-electron chi connectivity index (χ4n) is 2.09. The molecule has 0 aromatic heterocycles. The highest BCUT2D eigenvalue weighted by atomic mass is 19.1. The number of carbonyl (C=O) groups is 3. The second kappa shape index (κ2) is 8.95. The Morgan fingerprint density at radius 3 is 2.33 bits per heavy atom. The zero-order valence-electron chi connectivity index (χ0n) is 13.5. The van der Waals surface area contributed by atoms with Crippen molar-refractivity contribution in [2.45, 2.75) is 32.7 Å². The maximum atomic E-state index is 13.5. The number of primary amides is 1. The predicted octanol–water partition coefficient (Wildman–Crippen LogP) is 1.07. The van der Waals surface area contributed by atoms with Crippen molar-refractivity contribution in [1.82, 2.24) is 5.32 Å². The molecule has 0 radical (unpaired) electrons. The van der Waals surface area contributed by atoms with Gasteiger partial charge in [-0.05, 0) is 25.5 Å². The van der Waals surface area contributed by atoms with Gasteiger partial charge in [0, 0.05) is 5.56 Å². The van der Waals surface area contributed by atoms with Crippen molar-refractivity contribution in [3.8, 4) is 0 Å². The summed E-state index contributed by atoms with van der Waals surface area (Å²) in [7, 11) is 0. The molecule has 0 bridgehead atoms. The molecule has 0 spiro atoms. The molecule has 0 saturated heterocycles. The Hall–Kier alpha value is -2.51. The zero-order valence-corrected chi connectivity index (χ0v) is 13.5. The molecule has 1 aromatic carbocycles. The van der Waals surface area contributed by atoms with Crippen LogP contribution in [0.2, 0.25) is 0 Å². The van der Waals surface area contributed by atoms with Gasteiger partial charge in [-0.1, -0.05) is 13.0 Å². The van der Waals surface area contributed by atoms with Crippen molar-refractivity contribution in [3.63, 3.8) is 0 Å². The number of benzene rings is 1. The third kappa shape index (κ3) is 5.60. The van der Waals surface area contributed by atoms with Crippen LogP contribution in [0.15, 0.2) is 18.2 Å². The molecule has 24 heavy (non-hydrogen) atoms. The number of nitrogens with two attached hydrogens (primary N) is 1. The van der Waals surface area contributed by atoms with E-state index in [1.165, 1.54) is 13.0 Å². The Kier molecular flexibility index (Phi) is 7.29. The standard InChI is InChI=1S/C16H20F2N2O4/c1-3-24-16(23)9(2)7-13(15(19)22)20-14(21)8-10-11(17)5-4-6-12(10)18/h4-6,9,13H,3,7-8H2,1-2H3,(H2,19,22)(H,20,21)/t9-,13-/m1/s1. The van der Waals surface area contributed by atoms with E-state index >= 15 is 0 Å². The lowest BCUT2D eigenvalue weighted by Gasteiger charge is -2.19. The van der Waals surface area contributed by atoms with Crippen molar-refractivity contribution < 1.29 is 27.9 Å². The molecule has 0 unspecified atom stereocenters. The number of hydrogen-bond donors (Lipinski definition) is 2. The van der Waals surface area contributed by atoms with E-state index in [0.717, 1.165) is 12.1 Å². The van der Waals surface area contributed by atoms with E-state index in [1.54, 1.807) is 6.92 Å². The normalized spacial score (nSPS) is 13.0. The van der Waals surface area contributed by atoms with Crippen molar-refractivity contribution in [2.24, 2.45) is 11.7 Å². The lowest BCUT2D eigenvalue weighted by atomic mass is 10.0. The number of amides is 2. The molecule has 0 aliphatic rings. The van der Waals surface area contributed by atoms with Gasteiger partial charge in [0.2, 0.25) is 11.8 Å². The van der Waals surface area contributed by atoms with Gasteiger partial charge in [0.1, 0.15) is 17.7 Å². The van der Waals surface area contributed by atoms with Crippen molar-refractivity contribution in [2.75, 3.05) is 6.61 Å². The van der Waals surface area contributed by atoms with E-state index in [0.29, 0.717) is 0 Å². The molecule has 0 aliphatic heterocycles. The average molecular weight is 342 g/mol. The highest BCUT2D eigenvalue weighted by molar-refractivity contribution is 5.88. The van der Waals surface area contributed by atoms with E-state index in [4.69, 9.17) is 10.5 Å². The van der Waals surface area contributed by atoms with Crippen LogP contribution in [-0.2, 0) is 25.5 Å². The van der Waals surface area contributed by atoms with Crippen LogP contribution in [0.3, 0.4) is 0 Å². The van der Waals surface area contributed by atoms with Crippen LogP contribution in [0.25, 0.3) is 0 Å². The van der Waals surface area contributed by atoms with Gasteiger partial charge in [0.05, 0.1) is 18.9 Å². The zero-order chi connectivity index (χ0) is 18.3. The first kappa shape index (κ1) is 19.5. The maximum absolute atomic E-state index is 13.5. The molecule has 2 amide bonds.